The number of oxazole rings is 1. The molecule has 1 aliphatic rings. The van der Waals surface area contributed by atoms with E-state index in [0.717, 1.165) is 32.1 Å². The Morgan fingerprint density at radius 1 is 1.25 bits per heavy atom. The van der Waals surface area contributed by atoms with Crippen LogP contribution in [0.4, 0.5) is 0 Å². The fourth-order valence-electron chi connectivity index (χ4n) is 3.71. The summed E-state index contributed by atoms with van der Waals surface area (Å²) in [5, 5.41) is 3.78. The Morgan fingerprint density at radius 2 is 2.00 bits per heavy atom. The van der Waals surface area contributed by atoms with Crippen LogP contribution in [0.3, 0.4) is 0 Å². The lowest BCUT2D eigenvalue weighted by Gasteiger charge is -2.30. The van der Waals surface area contributed by atoms with Gasteiger partial charge in [0.15, 0.2) is 11.4 Å². The number of fused-ring (bicyclic) bond motifs is 1. The molecule has 28 heavy (non-hydrogen) atoms. The van der Waals surface area contributed by atoms with Crippen molar-refractivity contribution < 1.29 is 17.4 Å². The van der Waals surface area contributed by atoms with Crippen molar-refractivity contribution in [1.29, 1.82) is 0 Å². The Kier molecular flexibility index (Phi) is 4.84. The minimum atomic E-state index is -3.67. The molecule has 0 unspecified atom stereocenters. The standard InChI is InChI=1S/C18H22N4O5S/c1-12-19-17(20-27-12)11-22-15-9-8-14(10-16(15)26-18(22)23)28(24,25)21(2)13-6-4-3-5-7-13/h8-10,13H,3-7,11H2,1-2H3. The van der Waals surface area contributed by atoms with Gasteiger partial charge in [-0.3, -0.25) is 4.57 Å². The Hall–Kier alpha value is -2.46. The maximum Gasteiger partial charge on any atom is 0.420 e. The third-order valence-corrected chi connectivity index (χ3v) is 7.18. The molecule has 0 aliphatic heterocycles. The first-order valence-electron chi connectivity index (χ1n) is 9.27. The largest absolute Gasteiger partial charge is 0.420 e. The molecule has 0 saturated heterocycles. The van der Waals surface area contributed by atoms with Crippen LogP contribution in [-0.2, 0) is 16.6 Å². The number of hydrogen-bond donors (Lipinski definition) is 0. The molecule has 0 radical (unpaired) electrons. The molecule has 0 N–H and O–H groups in total. The van der Waals surface area contributed by atoms with Crippen LogP contribution in [0.15, 0.2) is 36.8 Å². The Morgan fingerprint density at radius 3 is 2.68 bits per heavy atom. The molecule has 1 aliphatic carbocycles. The van der Waals surface area contributed by atoms with E-state index in [1.165, 1.54) is 21.0 Å². The van der Waals surface area contributed by atoms with Crippen molar-refractivity contribution in [2.45, 2.75) is 56.5 Å². The molecular formula is C18H22N4O5S. The van der Waals surface area contributed by atoms with Gasteiger partial charge in [-0.15, -0.1) is 0 Å². The van der Waals surface area contributed by atoms with Crippen molar-refractivity contribution in [2.75, 3.05) is 7.05 Å². The topological polar surface area (TPSA) is 111 Å². The molecule has 10 heteroatoms. The van der Waals surface area contributed by atoms with E-state index in [1.807, 2.05) is 0 Å². The molecule has 0 amide bonds. The second-order valence-electron chi connectivity index (χ2n) is 7.13. The van der Waals surface area contributed by atoms with Gasteiger partial charge in [-0.1, -0.05) is 24.4 Å². The summed E-state index contributed by atoms with van der Waals surface area (Å²) in [4.78, 5) is 16.4. The van der Waals surface area contributed by atoms with Crippen molar-refractivity contribution in [3.05, 3.63) is 40.5 Å². The summed E-state index contributed by atoms with van der Waals surface area (Å²) in [5.41, 5.74) is 0.690. The van der Waals surface area contributed by atoms with Gasteiger partial charge in [-0.05, 0) is 25.0 Å². The summed E-state index contributed by atoms with van der Waals surface area (Å²) in [6.07, 6.45) is 4.96. The van der Waals surface area contributed by atoms with Gasteiger partial charge in [-0.25, -0.2) is 13.2 Å². The van der Waals surface area contributed by atoms with Crippen molar-refractivity contribution >= 4 is 21.1 Å². The monoisotopic (exact) mass is 406 g/mol. The van der Waals surface area contributed by atoms with E-state index in [4.69, 9.17) is 8.94 Å². The number of nitrogens with zero attached hydrogens (tertiary/aromatic N) is 4. The number of aryl methyl sites for hydroxylation is 1. The minimum absolute atomic E-state index is 0.00697. The molecule has 0 bridgehead atoms. The first kappa shape index (κ1) is 18.9. The number of aromatic nitrogens is 3. The zero-order valence-corrected chi connectivity index (χ0v) is 16.6. The Labute approximate surface area is 162 Å². The highest BCUT2D eigenvalue weighted by Crippen LogP contribution is 2.28. The highest BCUT2D eigenvalue weighted by atomic mass is 32.2. The molecule has 4 rings (SSSR count). The van der Waals surface area contributed by atoms with E-state index in [0.29, 0.717) is 17.2 Å². The summed E-state index contributed by atoms with van der Waals surface area (Å²) in [5.74, 6) is 0.138. The summed E-state index contributed by atoms with van der Waals surface area (Å²) in [7, 11) is -2.05. The van der Waals surface area contributed by atoms with Crippen LogP contribution < -0.4 is 5.76 Å². The quantitative estimate of drug-likeness (QED) is 0.639. The minimum Gasteiger partial charge on any atom is -0.408 e. The van der Waals surface area contributed by atoms with Crippen molar-refractivity contribution in [3.8, 4) is 0 Å². The third kappa shape index (κ3) is 3.37. The normalized spacial score (nSPS) is 16.2. The van der Waals surface area contributed by atoms with Gasteiger partial charge in [0.1, 0.15) is 0 Å². The van der Waals surface area contributed by atoms with Crippen LogP contribution in [0.1, 0.15) is 43.8 Å². The van der Waals surface area contributed by atoms with Gasteiger partial charge < -0.3 is 8.94 Å². The zero-order chi connectivity index (χ0) is 19.9. The van der Waals surface area contributed by atoms with Gasteiger partial charge in [0.2, 0.25) is 15.9 Å². The number of sulfonamides is 1. The molecule has 2 heterocycles. The van der Waals surface area contributed by atoms with Gasteiger partial charge >= 0.3 is 5.76 Å². The fraction of sp³-hybridized carbons (Fsp3) is 0.500. The van der Waals surface area contributed by atoms with E-state index >= 15 is 0 Å². The molecule has 3 aromatic rings. The predicted molar refractivity (Wildman–Crippen MR) is 100 cm³/mol. The van der Waals surface area contributed by atoms with E-state index in [9.17, 15) is 13.2 Å². The molecule has 9 nitrogen and oxygen atoms in total. The summed E-state index contributed by atoms with van der Waals surface area (Å²) in [6, 6.07) is 4.50. The van der Waals surface area contributed by atoms with Crippen LogP contribution >= 0.6 is 0 Å². The molecule has 1 saturated carbocycles. The molecule has 1 aromatic carbocycles. The van der Waals surface area contributed by atoms with Crippen LogP contribution in [0.25, 0.3) is 11.1 Å². The second-order valence-corrected chi connectivity index (χ2v) is 9.12. The zero-order valence-electron chi connectivity index (χ0n) is 15.8. The highest BCUT2D eigenvalue weighted by molar-refractivity contribution is 7.89. The molecule has 0 atom stereocenters. The second kappa shape index (κ2) is 7.17. The van der Waals surface area contributed by atoms with E-state index in [-0.39, 0.29) is 23.1 Å². The lowest BCUT2D eigenvalue weighted by molar-refractivity contribution is 0.286. The average molecular weight is 406 g/mol. The summed E-state index contributed by atoms with van der Waals surface area (Å²) < 4.78 is 39.1. The van der Waals surface area contributed by atoms with Gasteiger partial charge in [0, 0.05) is 26.1 Å². The lowest BCUT2D eigenvalue weighted by atomic mass is 9.96. The van der Waals surface area contributed by atoms with Gasteiger partial charge in [0.05, 0.1) is 17.0 Å². The number of benzene rings is 1. The highest BCUT2D eigenvalue weighted by Gasteiger charge is 2.29. The van der Waals surface area contributed by atoms with E-state index in [2.05, 4.69) is 10.1 Å². The smallest absolute Gasteiger partial charge is 0.408 e. The maximum absolute atomic E-state index is 13.0. The fourth-order valence-corrected chi connectivity index (χ4v) is 5.14. The van der Waals surface area contributed by atoms with E-state index in [1.54, 1.807) is 20.0 Å². The average Bonchev–Trinajstić information content (AvgIpc) is 3.24. The Balaban J connectivity index is 1.67. The first-order chi connectivity index (χ1) is 13.4. The molecule has 0 spiro atoms. The van der Waals surface area contributed by atoms with Gasteiger partial charge in [-0.2, -0.15) is 9.29 Å². The van der Waals surface area contributed by atoms with Crippen LogP contribution in [0.2, 0.25) is 0 Å². The molecule has 2 aromatic heterocycles. The van der Waals surface area contributed by atoms with E-state index < -0.39 is 15.8 Å². The Bertz CT molecular complexity index is 1150. The SMILES string of the molecule is Cc1nc(Cn2c(=O)oc3cc(S(=O)(=O)N(C)C4CCCCC4)ccc32)no1. The van der Waals surface area contributed by atoms with Gasteiger partial charge in [0.25, 0.3) is 0 Å². The van der Waals surface area contributed by atoms with Crippen molar-refractivity contribution in [1.82, 2.24) is 19.0 Å². The van der Waals surface area contributed by atoms with Crippen molar-refractivity contribution in [3.63, 3.8) is 0 Å². The predicted octanol–water partition coefficient (Wildman–Crippen LogP) is 2.29. The lowest BCUT2D eigenvalue weighted by Crippen LogP contribution is -2.38. The number of rotatable bonds is 5. The van der Waals surface area contributed by atoms with Crippen LogP contribution in [-0.4, -0.2) is 40.5 Å². The maximum atomic E-state index is 13.0. The van der Waals surface area contributed by atoms with Crippen molar-refractivity contribution in [2.24, 2.45) is 0 Å². The third-order valence-electron chi connectivity index (χ3n) is 5.27. The first-order valence-corrected chi connectivity index (χ1v) is 10.7. The molecular weight excluding hydrogens is 384 g/mol. The molecule has 1 fully saturated rings. The number of hydrogen-bond acceptors (Lipinski definition) is 7. The molecule has 150 valence electrons. The summed E-state index contributed by atoms with van der Waals surface area (Å²) >= 11 is 0. The van der Waals surface area contributed by atoms with Crippen LogP contribution in [0, 0.1) is 6.92 Å². The summed E-state index contributed by atoms with van der Waals surface area (Å²) in [6.45, 7) is 1.74. The van der Waals surface area contributed by atoms with Crippen LogP contribution in [0.5, 0.6) is 0 Å².